The number of aromatic amines is 1. The zero-order valence-corrected chi connectivity index (χ0v) is 23.2. The zero-order chi connectivity index (χ0) is 28.3. The highest BCUT2D eigenvalue weighted by molar-refractivity contribution is 6.06. The first-order chi connectivity index (χ1) is 18.5. The van der Waals surface area contributed by atoms with Crippen molar-refractivity contribution in [2.45, 2.75) is 65.6 Å². The number of pyridine rings is 1. The van der Waals surface area contributed by atoms with Crippen LogP contribution in [0.4, 0.5) is 0 Å². The second kappa shape index (κ2) is 11.8. The van der Waals surface area contributed by atoms with Gasteiger partial charge >= 0.3 is 0 Å². The van der Waals surface area contributed by atoms with Gasteiger partial charge in [-0.05, 0) is 38.7 Å². The molecule has 2 N–H and O–H groups in total. The molecule has 0 unspecified atom stereocenters. The molecule has 0 saturated carbocycles. The van der Waals surface area contributed by atoms with E-state index in [1.165, 1.54) is 11.0 Å². The summed E-state index contributed by atoms with van der Waals surface area (Å²) in [5.41, 5.74) is 0.543. The van der Waals surface area contributed by atoms with E-state index in [0.717, 1.165) is 0 Å². The van der Waals surface area contributed by atoms with Gasteiger partial charge in [-0.3, -0.25) is 19.2 Å². The van der Waals surface area contributed by atoms with Gasteiger partial charge in [0.1, 0.15) is 17.7 Å². The van der Waals surface area contributed by atoms with Gasteiger partial charge in [0.2, 0.25) is 17.4 Å². The monoisotopic (exact) mass is 535 g/mol. The predicted molar refractivity (Wildman–Crippen MR) is 147 cm³/mol. The zero-order valence-electron chi connectivity index (χ0n) is 23.2. The average Bonchev–Trinajstić information content (AvgIpc) is 3.27. The Morgan fingerprint density at radius 1 is 1.13 bits per heavy atom. The Labute approximate surface area is 227 Å². The minimum Gasteiger partial charge on any atom is -0.344 e. The number of nitrogens with zero attached hydrogens (tertiary/aromatic N) is 5. The summed E-state index contributed by atoms with van der Waals surface area (Å²) in [6, 6.07) is 7.44. The molecule has 0 spiro atoms. The molecular formula is C28H37N7O4. The summed E-state index contributed by atoms with van der Waals surface area (Å²) in [5.74, 6) is 0.723. The number of rotatable bonds is 3. The van der Waals surface area contributed by atoms with Gasteiger partial charge in [-0.2, -0.15) is 5.10 Å². The Bertz CT molecular complexity index is 1430. The minimum absolute atomic E-state index is 0.178. The van der Waals surface area contributed by atoms with Crippen LogP contribution in [0.15, 0.2) is 35.1 Å². The highest BCUT2D eigenvalue weighted by atomic mass is 16.2. The molecule has 3 amide bonds. The smallest absolute Gasteiger partial charge is 0.254 e. The lowest BCUT2D eigenvalue weighted by molar-refractivity contribution is -0.138. The second-order valence-electron chi connectivity index (χ2n) is 10.6. The lowest BCUT2D eigenvalue weighted by atomic mass is 10.0. The fourth-order valence-electron chi connectivity index (χ4n) is 4.96. The predicted octanol–water partition coefficient (Wildman–Crippen LogP) is 2.41. The van der Waals surface area contributed by atoms with Crippen molar-refractivity contribution in [3.05, 3.63) is 57.9 Å². The van der Waals surface area contributed by atoms with Gasteiger partial charge in [0, 0.05) is 43.5 Å². The first kappa shape index (κ1) is 28.0. The first-order valence-electron chi connectivity index (χ1n) is 13.4. The highest BCUT2D eigenvalue weighted by Crippen LogP contribution is 2.22. The van der Waals surface area contributed by atoms with E-state index in [2.05, 4.69) is 34.2 Å². The van der Waals surface area contributed by atoms with Gasteiger partial charge in [0.15, 0.2) is 0 Å². The van der Waals surface area contributed by atoms with E-state index in [4.69, 9.17) is 0 Å². The molecule has 3 aromatic rings. The highest BCUT2D eigenvalue weighted by Gasteiger charge is 2.29. The Kier molecular flexibility index (Phi) is 8.47. The molecule has 1 aromatic carbocycles. The number of nitrogens with one attached hydrogen (secondary N) is 2. The van der Waals surface area contributed by atoms with Crippen molar-refractivity contribution >= 4 is 28.6 Å². The summed E-state index contributed by atoms with van der Waals surface area (Å²) < 4.78 is 1.75. The van der Waals surface area contributed by atoms with Gasteiger partial charge in [0.25, 0.3) is 5.91 Å². The normalized spacial score (nSPS) is 19.6. The van der Waals surface area contributed by atoms with Gasteiger partial charge in [-0.25, -0.2) is 9.67 Å². The number of carbonyl (C=O) groups is 3. The van der Waals surface area contributed by atoms with Crippen molar-refractivity contribution in [1.82, 2.24) is 34.9 Å². The summed E-state index contributed by atoms with van der Waals surface area (Å²) in [6.45, 7) is 8.57. The molecule has 39 heavy (non-hydrogen) atoms. The molecule has 0 radical (unpaired) electrons. The van der Waals surface area contributed by atoms with Crippen LogP contribution in [-0.2, 0) is 16.1 Å². The number of hydrogen-bond acceptors (Lipinski definition) is 6. The van der Waals surface area contributed by atoms with Crippen molar-refractivity contribution in [2.24, 2.45) is 5.92 Å². The van der Waals surface area contributed by atoms with Crippen LogP contribution in [-0.4, -0.2) is 73.4 Å². The van der Waals surface area contributed by atoms with Gasteiger partial charge < -0.3 is 20.1 Å². The summed E-state index contributed by atoms with van der Waals surface area (Å²) in [5, 5.41) is 8.32. The standard InChI is InChI=1S/C28H37N7O4/c1-17(2)15-23-26-29-19(4)32-35(26)14-13-34(12-8-11-25(37)33(5)18(3)27(38)31-23)28(39)21-16-24(36)30-22-10-7-6-9-20(21)22/h6-7,9-10,16-18,23H,8,11-15H2,1-5H3,(H,30,36)(H,31,38)/t18-,23+/m0/s1. The number of fused-ring (bicyclic) bond motifs is 2. The number of benzene rings is 1. The Balaban J connectivity index is 1.72. The Hall–Kier alpha value is -4.02. The Morgan fingerprint density at radius 3 is 2.62 bits per heavy atom. The first-order valence-corrected chi connectivity index (χ1v) is 13.4. The maximum Gasteiger partial charge on any atom is 0.254 e. The van der Waals surface area contributed by atoms with Gasteiger partial charge in [-0.15, -0.1) is 0 Å². The molecule has 0 bridgehead atoms. The third-order valence-corrected chi connectivity index (χ3v) is 7.16. The van der Waals surface area contributed by atoms with E-state index in [0.29, 0.717) is 60.6 Å². The van der Waals surface area contributed by atoms with E-state index in [1.54, 1.807) is 48.7 Å². The van der Waals surface area contributed by atoms with Gasteiger partial charge in [0.05, 0.1) is 18.2 Å². The molecular weight excluding hydrogens is 498 g/mol. The number of hydrogen-bond donors (Lipinski definition) is 2. The quantitative estimate of drug-likeness (QED) is 0.529. The van der Waals surface area contributed by atoms with Crippen molar-refractivity contribution in [2.75, 3.05) is 20.1 Å². The molecule has 11 heteroatoms. The lowest BCUT2D eigenvalue weighted by Crippen LogP contribution is -2.47. The number of carbonyl (C=O) groups excluding carboxylic acids is 3. The molecule has 3 heterocycles. The fraction of sp³-hybridized carbons (Fsp3) is 0.500. The lowest BCUT2D eigenvalue weighted by Gasteiger charge is -2.29. The number of amides is 3. The third kappa shape index (κ3) is 6.35. The molecule has 0 aliphatic carbocycles. The summed E-state index contributed by atoms with van der Waals surface area (Å²) in [4.78, 5) is 62.8. The van der Waals surface area contributed by atoms with Crippen molar-refractivity contribution in [3.63, 3.8) is 0 Å². The largest absolute Gasteiger partial charge is 0.344 e. The maximum absolute atomic E-state index is 13.8. The van der Waals surface area contributed by atoms with E-state index in [1.807, 2.05) is 6.07 Å². The van der Waals surface area contributed by atoms with Crippen LogP contribution < -0.4 is 10.9 Å². The van der Waals surface area contributed by atoms with Crippen molar-refractivity contribution in [1.29, 1.82) is 0 Å². The molecule has 11 nitrogen and oxygen atoms in total. The average molecular weight is 536 g/mol. The fourth-order valence-corrected chi connectivity index (χ4v) is 4.96. The molecule has 0 fully saturated rings. The molecule has 1 aliphatic rings. The van der Waals surface area contributed by atoms with E-state index in [9.17, 15) is 19.2 Å². The van der Waals surface area contributed by atoms with E-state index < -0.39 is 12.1 Å². The van der Waals surface area contributed by atoms with E-state index >= 15 is 0 Å². The molecule has 208 valence electrons. The molecule has 4 rings (SSSR count). The molecule has 0 saturated heterocycles. The molecule has 1 aliphatic heterocycles. The van der Waals surface area contributed by atoms with Crippen LogP contribution in [0.25, 0.3) is 10.9 Å². The van der Waals surface area contributed by atoms with E-state index in [-0.39, 0.29) is 35.6 Å². The number of H-pyrrole nitrogens is 1. The number of aryl methyl sites for hydroxylation is 1. The summed E-state index contributed by atoms with van der Waals surface area (Å²) >= 11 is 0. The second-order valence-corrected chi connectivity index (χ2v) is 10.6. The third-order valence-electron chi connectivity index (χ3n) is 7.16. The van der Waals surface area contributed by atoms with Gasteiger partial charge in [-0.1, -0.05) is 32.0 Å². The molecule has 2 atom stereocenters. The Morgan fingerprint density at radius 2 is 1.87 bits per heavy atom. The van der Waals surface area contributed by atoms with Crippen molar-refractivity contribution < 1.29 is 14.4 Å². The topological polar surface area (TPSA) is 133 Å². The van der Waals surface area contributed by atoms with Crippen molar-refractivity contribution in [3.8, 4) is 0 Å². The number of para-hydroxylation sites is 1. The van der Waals surface area contributed by atoms with Crippen LogP contribution in [0.1, 0.15) is 68.1 Å². The summed E-state index contributed by atoms with van der Waals surface area (Å²) in [6.07, 6.45) is 1.22. The number of likely N-dealkylation sites (N-methyl/N-ethyl adjacent to an activating group) is 1. The van der Waals surface area contributed by atoms with Crippen LogP contribution in [0.5, 0.6) is 0 Å². The molecule has 2 aromatic heterocycles. The maximum atomic E-state index is 13.8. The number of aromatic nitrogens is 4. The SMILES string of the molecule is Cc1nc2n(n1)CCN(C(=O)c1cc(=O)[nH]c3ccccc13)CCCC(=O)N(C)[C@@H](C)C(=O)N[C@@H]2CC(C)C. The van der Waals surface area contributed by atoms with Crippen LogP contribution >= 0.6 is 0 Å². The summed E-state index contributed by atoms with van der Waals surface area (Å²) in [7, 11) is 1.62. The van der Waals surface area contributed by atoms with Crippen LogP contribution in [0.3, 0.4) is 0 Å². The minimum atomic E-state index is -0.673. The van der Waals surface area contributed by atoms with Crippen LogP contribution in [0, 0.1) is 12.8 Å². The van der Waals surface area contributed by atoms with Crippen LogP contribution in [0.2, 0.25) is 0 Å².